The van der Waals surface area contributed by atoms with Gasteiger partial charge in [-0.05, 0) is 56.7 Å². The number of rotatable bonds is 8. The van der Waals surface area contributed by atoms with Crippen LogP contribution in [0.5, 0.6) is 17.2 Å². The second-order valence-corrected chi connectivity index (χ2v) is 7.73. The van der Waals surface area contributed by atoms with Gasteiger partial charge in [0.1, 0.15) is 17.2 Å². The molecule has 0 radical (unpaired) electrons. The third kappa shape index (κ3) is 6.64. The number of aromatic hydroxyl groups is 1. The molecule has 1 N–H and O–H groups in total. The van der Waals surface area contributed by atoms with Gasteiger partial charge in [0.25, 0.3) is 5.91 Å². The summed E-state index contributed by atoms with van der Waals surface area (Å²) in [6, 6.07) is 14.1. The quantitative estimate of drug-likeness (QED) is 0.657. The number of nitrogens with zero attached hydrogens (tertiary/aromatic N) is 2. The molecule has 7 nitrogen and oxygen atoms in total. The Labute approximate surface area is 183 Å². The predicted molar refractivity (Wildman–Crippen MR) is 117 cm³/mol. The predicted octanol–water partition coefficient (Wildman–Crippen LogP) is 3.00. The van der Waals surface area contributed by atoms with Crippen molar-refractivity contribution in [1.82, 2.24) is 9.80 Å². The molecule has 0 aliphatic carbocycles. The van der Waals surface area contributed by atoms with Crippen molar-refractivity contribution in [2.24, 2.45) is 0 Å². The van der Waals surface area contributed by atoms with Gasteiger partial charge in [-0.3, -0.25) is 9.59 Å². The van der Waals surface area contributed by atoms with Crippen LogP contribution in [0.25, 0.3) is 0 Å². The fourth-order valence-electron chi connectivity index (χ4n) is 3.42. The number of benzene rings is 2. The first-order chi connectivity index (χ1) is 14.9. The van der Waals surface area contributed by atoms with Gasteiger partial charge in [0, 0.05) is 32.6 Å². The van der Waals surface area contributed by atoms with E-state index in [-0.39, 0.29) is 17.6 Å². The lowest BCUT2D eigenvalue weighted by Gasteiger charge is -2.36. The highest BCUT2D eigenvalue weighted by Gasteiger charge is 2.27. The van der Waals surface area contributed by atoms with Crippen molar-refractivity contribution < 1.29 is 24.2 Å². The fraction of sp³-hybridized carbons (Fsp3) is 0.417. The molecule has 1 aliphatic rings. The van der Waals surface area contributed by atoms with Crippen molar-refractivity contribution in [1.29, 1.82) is 0 Å². The molecule has 0 bridgehead atoms. The average Bonchev–Trinajstić information content (AvgIpc) is 2.79. The van der Waals surface area contributed by atoms with E-state index in [4.69, 9.17) is 9.47 Å². The zero-order valence-corrected chi connectivity index (χ0v) is 18.1. The van der Waals surface area contributed by atoms with Crippen LogP contribution in [-0.2, 0) is 9.59 Å². The highest BCUT2D eigenvalue weighted by molar-refractivity contribution is 5.81. The molecule has 7 heteroatoms. The second kappa shape index (κ2) is 10.7. The lowest BCUT2D eigenvalue weighted by Crippen LogP contribution is -2.53. The Kier molecular flexibility index (Phi) is 7.76. The van der Waals surface area contributed by atoms with Crippen LogP contribution in [0.1, 0.15) is 25.3 Å². The molecule has 0 saturated carbocycles. The highest BCUT2D eigenvalue weighted by Crippen LogP contribution is 2.18. The summed E-state index contributed by atoms with van der Waals surface area (Å²) in [4.78, 5) is 28.6. The van der Waals surface area contributed by atoms with Crippen LogP contribution in [0.4, 0.5) is 0 Å². The molecule has 1 fully saturated rings. The van der Waals surface area contributed by atoms with Crippen LogP contribution >= 0.6 is 0 Å². The smallest absolute Gasteiger partial charge is 0.263 e. The first-order valence-corrected chi connectivity index (χ1v) is 10.6. The van der Waals surface area contributed by atoms with Crippen molar-refractivity contribution in [2.75, 3.05) is 32.8 Å². The van der Waals surface area contributed by atoms with Crippen LogP contribution in [0.2, 0.25) is 0 Å². The zero-order valence-electron chi connectivity index (χ0n) is 18.1. The summed E-state index contributed by atoms with van der Waals surface area (Å²) in [7, 11) is 0. The van der Waals surface area contributed by atoms with Crippen molar-refractivity contribution in [3.8, 4) is 17.2 Å². The maximum Gasteiger partial charge on any atom is 0.263 e. The van der Waals surface area contributed by atoms with Crippen molar-refractivity contribution in [2.45, 2.75) is 32.8 Å². The van der Waals surface area contributed by atoms with Gasteiger partial charge in [-0.2, -0.15) is 0 Å². The Morgan fingerprint density at radius 3 is 2.16 bits per heavy atom. The van der Waals surface area contributed by atoms with E-state index in [0.29, 0.717) is 51.4 Å². The SMILES string of the molecule is Cc1ccc(OCCCC(=O)N2CCN(C(=O)C(C)Oc3ccc(O)cc3)CC2)cc1. The number of amides is 2. The number of piperazine rings is 1. The molecule has 1 saturated heterocycles. The van der Waals surface area contributed by atoms with E-state index in [1.165, 1.54) is 17.7 Å². The highest BCUT2D eigenvalue weighted by atomic mass is 16.5. The number of phenols is 1. The van der Waals surface area contributed by atoms with Gasteiger partial charge < -0.3 is 24.4 Å². The van der Waals surface area contributed by atoms with Crippen LogP contribution in [0.3, 0.4) is 0 Å². The van der Waals surface area contributed by atoms with Crippen LogP contribution in [-0.4, -0.2) is 65.6 Å². The molecule has 1 atom stereocenters. The summed E-state index contributed by atoms with van der Waals surface area (Å²) in [6.45, 7) is 6.27. The van der Waals surface area contributed by atoms with Crippen LogP contribution in [0, 0.1) is 6.92 Å². The topological polar surface area (TPSA) is 79.3 Å². The van der Waals surface area contributed by atoms with Crippen LogP contribution in [0.15, 0.2) is 48.5 Å². The molecule has 31 heavy (non-hydrogen) atoms. The zero-order chi connectivity index (χ0) is 22.2. The molecule has 2 aromatic rings. The molecule has 1 heterocycles. The molecule has 0 spiro atoms. The minimum absolute atomic E-state index is 0.0907. The van der Waals surface area contributed by atoms with E-state index >= 15 is 0 Å². The Morgan fingerprint density at radius 2 is 1.52 bits per heavy atom. The maximum atomic E-state index is 12.6. The van der Waals surface area contributed by atoms with Gasteiger partial charge in [-0.25, -0.2) is 0 Å². The third-order valence-corrected chi connectivity index (χ3v) is 5.27. The van der Waals surface area contributed by atoms with E-state index in [0.717, 1.165) is 5.75 Å². The van der Waals surface area contributed by atoms with Crippen molar-refractivity contribution >= 4 is 11.8 Å². The van der Waals surface area contributed by atoms with Gasteiger partial charge in [0.15, 0.2) is 6.10 Å². The summed E-state index contributed by atoms with van der Waals surface area (Å²) in [5.74, 6) is 1.47. The monoisotopic (exact) mass is 426 g/mol. The van der Waals surface area contributed by atoms with E-state index in [1.807, 2.05) is 31.2 Å². The first kappa shape index (κ1) is 22.5. The number of ether oxygens (including phenoxy) is 2. The molecule has 0 aromatic heterocycles. The summed E-state index contributed by atoms with van der Waals surface area (Å²) >= 11 is 0. The Balaban J connectivity index is 1.36. The largest absolute Gasteiger partial charge is 0.508 e. The van der Waals surface area contributed by atoms with Crippen molar-refractivity contribution in [3.63, 3.8) is 0 Å². The molecule has 2 amide bonds. The van der Waals surface area contributed by atoms with Gasteiger partial charge in [-0.15, -0.1) is 0 Å². The lowest BCUT2D eigenvalue weighted by atomic mass is 10.2. The van der Waals surface area contributed by atoms with E-state index in [9.17, 15) is 14.7 Å². The molecule has 1 aliphatic heterocycles. The van der Waals surface area contributed by atoms with Crippen LogP contribution < -0.4 is 9.47 Å². The number of carbonyl (C=O) groups excluding carboxylic acids is 2. The molecule has 3 rings (SSSR count). The number of hydrogen-bond donors (Lipinski definition) is 1. The first-order valence-electron chi connectivity index (χ1n) is 10.6. The summed E-state index contributed by atoms with van der Waals surface area (Å²) < 4.78 is 11.3. The number of aryl methyl sites for hydroxylation is 1. The maximum absolute atomic E-state index is 12.6. The molecule has 2 aromatic carbocycles. The van der Waals surface area contributed by atoms with E-state index in [2.05, 4.69) is 0 Å². The van der Waals surface area contributed by atoms with Gasteiger partial charge in [-0.1, -0.05) is 17.7 Å². The standard InChI is InChI=1S/C24H30N2O5/c1-18-5-9-21(10-6-18)30-17-3-4-23(28)25-13-15-26(16-14-25)24(29)19(2)31-22-11-7-20(27)8-12-22/h5-12,19,27H,3-4,13-17H2,1-2H3. The Morgan fingerprint density at radius 1 is 0.935 bits per heavy atom. The summed E-state index contributed by atoms with van der Waals surface area (Å²) in [6.07, 6.45) is 0.453. The van der Waals surface area contributed by atoms with Crippen molar-refractivity contribution in [3.05, 3.63) is 54.1 Å². The van der Waals surface area contributed by atoms with Gasteiger partial charge in [0.05, 0.1) is 6.61 Å². The lowest BCUT2D eigenvalue weighted by molar-refractivity contribution is -0.143. The third-order valence-electron chi connectivity index (χ3n) is 5.27. The Bertz CT molecular complexity index is 859. The summed E-state index contributed by atoms with van der Waals surface area (Å²) in [5, 5.41) is 9.33. The molecular formula is C24H30N2O5. The summed E-state index contributed by atoms with van der Waals surface area (Å²) in [5.41, 5.74) is 1.18. The van der Waals surface area contributed by atoms with E-state index in [1.54, 1.807) is 28.9 Å². The molecule has 166 valence electrons. The van der Waals surface area contributed by atoms with Gasteiger partial charge >= 0.3 is 0 Å². The van der Waals surface area contributed by atoms with E-state index < -0.39 is 6.10 Å². The molecular weight excluding hydrogens is 396 g/mol. The number of carbonyl (C=O) groups is 2. The number of hydrogen-bond acceptors (Lipinski definition) is 5. The van der Waals surface area contributed by atoms with Gasteiger partial charge in [0.2, 0.25) is 5.91 Å². The number of phenolic OH excluding ortho intramolecular Hbond substituents is 1. The minimum Gasteiger partial charge on any atom is -0.508 e. The second-order valence-electron chi connectivity index (χ2n) is 7.73. The Hall–Kier alpha value is -3.22. The fourth-order valence-corrected chi connectivity index (χ4v) is 3.42. The minimum atomic E-state index is -0.634. The molecule has 1 unspecified atom stereocenters. The average molecular weight is 427 g/mol. The normalized spacial score (nSPS) is 14.8.